The number of carbonyl (C=O) groups is 1. The minimum atomic E-state index is -4.68. The lowest BCUT2D eigenvalue weighted by Crippen LogP contribution is -2.35. The molecule has 160 valence electrons. The third-order valence-electron chi connectivity index (χ3n) is 5.07. The first kappa shape index (κ1) is 20.3. The van der Waals surface area contributed by atoms with Gasteiger partial charge in [0, 0.05) is 18.4 Å². The van der Waals surface area contributed by atoms with E-state index in [0.717, 1.165) is 21.3 Å². The summed E-state index contributed by atoms with van der Waals surface area (Å²) in [6.45, 7) is 0.513. The average molecular weight is 453 g/mol. The number of nitrogens with zero attached hydrogens (tertiary/aromatic N) is 4. The molecule has 0 bridgehead atoms. The Morgan fingerprint density at radius 2 is 1.84 bits per heavy atom. The topological polar surface area (TPSA) is 73.8 Å². The number of thioether (sulfide) groups is 1. The molecule has 0 unspecified atom stereocenters. The molecule has 0 radical (unpaired) electrons. The van der Waals surface area contributed by atoms with Crippen molar-refractivity contribution in [3.63, 3.8) is 0 Å². The molecule has 2 aromatic carbocycles. The second-order valence-electron chi connectivity index (χ2n) is 7.12. The molecule has 1 amide bonds. The largest absolute Gasteiger partial charge is 0.441 e. The van der Waals surface area contributed by atoms with Crippen LogP contribution >= 0.6 is 11.8 Å². The van der Waals surface area contributed by atoms with Gasteiger partial charge < -0.3 is 4.57 Å². The second kappa shape index (κ2) is 7.49. The highest BCUT2D eigenvalue weighted by molar-refractivity contribution is 8.27. The van der Waals surface area contributed by atoms with Gasteiger partial charge in [-0.2, -0.15) is 28.3 Å². The maximum Gasteiger partial charge on any atom is 0.441 e. The van der Waals surface area contributed by atoms with Crippen LogP contribution in [-0.4, -0.2) is 37.7 Å². The molecule has 3 aromatic rings. The molecule has 2 aliphatic rings. The van der Waals surface area contributed by atoms with Crippen LogP contribution < -0.4 is 0 Å². The first-order valence-electron chi connectivity index (χ1n) is 9.50. The number of hydrazone groups is 1. The Bertz CT molecular complexity index is 1360. The molecule has 32 heavy (non-hydrogen) atoms. The number of amidine groups is 2. The summed E-state index contributed by atoms with van der Waals surface area (Å²) in [5.74, 6) is -1.21. The Balaban J connectivity index is 1.48. The minimum Gasteiger partial charge on any atom is -0.344 e. The van der Waals surface area contributed by atoms with E-state index in [1.165, 1.54) is 6.08 Å². The molecule has 0 aliphatic carbocycles. The van der Waals surface area contributed by atoms with Gasteiger partial charge in [-0.15, -0.1) is 0 Å². The summed E-state index contributed by atoms with van der Waals surface area (Å²) in [6, 6.07) is 17.6. The molecule has 0 fully saturated rings. The zero-order chi connectivity index (χ0) is 22.5. The number of nitrogens with one attached hydrogen (secondary N) is 1. The molecule has 5 rings (SSSR count). The zero-order valence-corrected chi connectivity index (χ0v) is 17.1. The number of fused-ring (bicyclic) bond motifs is 2. The summed E-state index contributed by atoms with van der Waals surface area (Å²) in [4.78, 5) is 16.2. The Morgan fingerprint density at radius 3 is 2.66 bits per heavy atom. The van der Waals surface area contributed by atoms with Gasteiger partial charge in [-0.25, -0.2) is 0 Å². The van der Waals surface area contributed by atoms with E-state index < -0.39 is 23.0 Å². The maximum atomic E-state index is 13.0. The first-order chi connectivity index (χ1) is 15.3. The summed E-state index contributed by atoms with van der Waals surface area (Å²) in [5, 5.41) is 13.2. The van der Waals surface area contributed by atoms with Gasteiger partial charge in [0.25, 0.3) is 5.91 Å². The van der Waals surface area contributed by atoms with E-state index in [9.17, 15) is 18.0 Å². The van der Waals surface area contributed by atoms with Crippen LogP contribution in [0, 0.1) is 5.41 Å². The Morgan fingerprint density at radius 1 is 1.06 bits per heavy atom. The van der Waals surface area contributed by atoms with Gasteiger partial charge in [0.15, 0.2) is 5.84 Å². The molecule has 0 spiro atoms. The average Bonchev–Trinajstić information content (AvgIpc) is 3.38. The fraction of sp³-hybridized carbons (Fsp3) is 0.0909. The van der Waals surface area contributed by atoms with Crippen LogP contribution in [0.25, 0.3) is 16.8 Å². The molecule has 0 saturated heterocycles. The molecule has 0 atom stereocenters. The molecule has 3 heterocycles. The Kier molecular flexibility index (Phi) is 4.74. The predicted octanol–water partition coefficient (Wildman–Crippen LogP) is 4.87. The molecule has 2 aliphatic heterocycles. The molecule has 1 aromatic heterocycles. The lowest BCUT2D eigenvalue weighted by atomic mass is 10.0. The summed E-state index contributed by atoms with van der Waals surface area (Å²) in [6.07, 6.45) is -1.38. The molecular weight excluding hydrogens is 439 g/mol. The van der Waals surface area contributed by atoms with Gasteiger partial charge in [-0.1, -0.05) is 42.5 Å². The van der Waals surface area contributed by atoms with E-state index in [0.29, 0.717) is 12.2 Å². The molecule has 10 heteroatoms. The van der Waals surface area contributed by atoms with Crippen molar-refractivity contribution in [2.24, 2.45) is 10.1 Å². The lowest BCUT2D eigenvalue weighted by molar-refractivity contribution is -0.114. The van der Waals surface area contributed by atoms with Crippen molar-refractivity contribution in [1.82, 2.24) is 9.58 Å². The third kappa shape index (κ3) is 3.52. The number of rotatable bonds is 3. The Hall–Kier alpha value is -3.66. The van der Waals surface area contributed by atoms with Crippen LogP contribution in [0.4, 0.5) is 13.2 Å². The smallest absolute Gasteiger partial charge is 0.344 e. The minimum absolute atomic E-state index is 0.126. The zero-order valence-electron chi connectivity index (χ0n) is 16.3. The van der Waals surface area contributed by atoms with Gasteiger partial charge in [0.1, 0.15) is 0 Å². The molecule has 1 N–H and O–H groups in total. The van der Waals surface area contributed by atoms with Crippen LogP contribution in [0.1, 0.15) is 11.3 Å². The van der Waals surface area contributed by atoms with Crippen LogP contribution in [0.2, 0.25) is 0 Å². The normalized spacial score (nSPS) is 17.7. The summed E-state index contributed by atoms with van der Waals surface area (Å²) in [5.41, 5.74) is 1.57. The predicted molar refractivity (Wildman–Crippen MR) is 119 cm³/mol. The standard InChI is InChI=1S/C22H14F3N5OS/c23-22(24,25)20-28-30-18(26)17(19(31)27-21(30)32-20)11-15-8-4-10-29(15)12-14-7-3-6-13-5-1-2-9-16(13)14/h1-11,26H,12H2. The maximum absolute atomic E-state index is 13.0. The fourth-order valence-electron chi connectivity index (χ4n) is 3.57. The summed E-state index contributed by atoms with van der Waals surface area (Å²) < 4.78 is 40.9. The quantitative estimate of drug-likeness (QED) is 0.575. The van der Waals surface area contributed by atoms with Gasteiger partial charge in [-0.05, 0) is 46.3 Å². The number of aliphatic imine (C=N–C) groups is 1. The van der Waals surface area contributed by atoms with Crippen LogP contribution in [0.5, 0.6) is 0 Å². The third-order valence-corrected chi connectivity index (χ3v) is 6.03. The molecule has 0 saturated carbocycles. The van der Waals surface area contributed by atoms with Gasteiger partial charge in [0.2, 0.25) is 10.2 Å². The van der Waals surface area contributed by atoms with Crippen molar-refractivity contribution < 1.29 is 18.0 Å². The highest BCUT2D eigenvalue weighted by Gasteiger charge is 2.46. The monoisotopic (exact) mass is 453 g/mol. The molecular formula is C22H14F3N5OS. The Labute approximate surface area is 184 Å². The van der Waals surface area contributed by atoms with E-state index in [2.05, 4.69) is 10.1 Å². The lowest BCUT2D eigenvalue weighted by Gasteiger charge is -2.20. The summed E-state index contributed by atoms with van der Waals surface area (Å²) >= 11 is 0.232. The van der Waals surface area contributed by atoms with E-state index in [1.54, 1.807) is 12.1 Å². The number of alkyl halides is 3. The summed E-state index contributed by atoms with van der Waals surface area (Å²) in [7, 11) is 0. The SMILES string of the molecule is N=C1C(=Cc2cccn2Cc2cccc3ccccc23)C(=O)N=C2SC(C(F)(F)F)=NN12. The number of hydrogen-bond donors (Lipinski definition) is 1. The number of halogens is 3. The number of hydrogen-bond acceptors (Lipinski definition) is 4. The van der Waals surface area contributed by atoms with Gasteiger partial charge >= 0.3 is 6.18 Å². The highest BCUT2D eigenvalue weighted by atomic mass is 32.2. The first-order valence-corrected chi connectivity index (χ1v) is 10.3. The van der Waals surface area contributed by atoms with Crippen molar-refractivity contribution in [1.29, 1.82) is 5.41 Å². The van der Waals surface area contributed by atoms with Crippen LogP contribution in [0.15, 0.2) is 76.5 Å². The van der Waals surface area contributed by atoms with E-state index in [-0.39, 0.29) is 22.5 Å². The van der Waals surface area contributed by atoms with Crippen molar-refractivity contribution in [2.45, 2.75) is 12.7 Å². The van der Waals surface area contributed by atoms with Crippen molar-refractivity contribution in [2.75, 3.05) is 0 Å². The number of amides is 1. The van der Waals surface area contributed by atoms with E-state index >= 15 is 0 Å². The number of carbonyl (C=O) groups excluding carboxylic acids is 1. The van der Waals surface area contributed by atoms with Crippen LogP contribution in [0.3, 0.4) is 0 Å². The van der Waals surface area contributed by atoms with Gasteiger partial charge in [0.05, 0.1) is 5.57 Å². The fourth-order valence-corrected chi connectivity index (χ4v) is 4.33. The van der Waals surface area contributed by atoms with Gasteiger partial charge in [-0.3, -0.25) is 10.2 Å². The number of benzene rings is 2. The van der Waals surface area contributed by atoms with Crippen LogP contribution in [-0.2, 0) is 11.3 Å². The highest BCUT2D eigenvalue weighted by Crippen LogP contribution is 2.35. The van der Waals surface area contributed by atoms with Crippen molar-refractivity contribution in [3.8, 4) is 0 Å². The second-order valence-corrected chi connectivity index (χ2v) is 8.08. The van der Waals surface area contributed by atoms with Crippen molar-refractivity contribution >= 4 is 50.6 Å². The van der Waals surface area contributed by atoms with E-state index in [4.69, 9.17) is 5.41 Å². The molecule has 6 nitrogen and oxygen atoms in total. The van der Waals surface area contributed by atoms with Crippen molar-refractivity contribution in [3.05, 3.63) is 77.6 Å². The van der Waals surface area contributed by atoms with E-state index in [1.807, 2.05) is 53.2 Å². The number of aromatic nitrogens is 1.